The molecule has 0 aliphatic rings. The molecule has 0 unspecified atom stereocenters. The molecule has 0 saturated carbocycles. The van der Waals surface area contributed by atoms with E-state index in [2.05, 4.69) is 20.9 Å². The number of nitrogens with zero attached hydrogens (tertiary/aromatic N) is 2. The smallest absolute Gasteiger partial charge is 0.303 e. The van der Waals surface area contributed by atoms with E-state index in [4.69, 9.17) is 0 Å². The quantitative estimate of drug-likeness (QED) is 0.784. The van der Waals surface area contributed by atoms with Crippen LogP contribution in [0.1, 0.15) is 21.9 Å². The third-order valence-electron chi connectivity index (χ3n) is 2.55. The van der Waals surface area contributed by atoms with Gasteiger partial charge in [0, 0.05) is 16.2 Å². The first-order chi connectivity index (χ1) is 8.82. The second-order valence-corrected chi connectivity index (χ2v) is 4.78. The molecule has 0 bridgehead atoms. The fourth-order valence-electron chi connectivity index (χ4n) is 1.69. The summed E-state index contributed by atoms with van der Waals surface area (Å²) in [6, 6.07) is 4.74. The van der Waals surface area contributed by atoms with Gasteiger partial charge in [-0.2, -0.15) is 13.2 Å². The summed E-state index contributed by atoms with van der Waals surface area (Å²) in [6.45, 7) is 1.45. The van der Waals surface area contributed by atoms with E-state index in [0.29, 0.717) is 16.4 Å². The average molecular weight is 333 g/mol. The number of benzene rings is 1. The highest BCUT2D eigenvalue weighted by molar-refractivity contribution is 9.10. The molecule has 0 spiro atoms. The third kappa shape index (κ3) is 2.70. The number of imidazole rings is 1. The summed E-state index contributed by atoms with van der Waals surface area (Å²) >= 11 is 3.20. The lowest BCUT2D eigenvalue weighted by atomic mass is 10.2. The predicted molar refractivity (Wildman–Crippen MR) is 66.4 cm³/mol. The van der Waals surface area contributed by atoms with E-state index in [-0.39, 0.29) is 11.4 Å². The highest BCUT2D eigenvalue weighted by Crippen LogP contribution is 2.30. The van der Waals surface area contributed by atoms with Gasteiger partial charge >= 0.3 is 6.18 Å². The number of carbonyl (C=O) groups excluding carboxylic acids is 1. The minimum Gasteiger partial charge on any atom is -0.303 e. The van der Waals surface area contributed by atoms with Crippen molar-refractivity contribution in [3.05, 3.63) is 46.0 Å². The second-order valence-electron chi connectivity index (χ2n) is 3.86. The van der Waals surface area contributed by atoms with Crippen molar-refractivity contribution in [2.24, 2.45) is 0 Å². The van der Waals surface area contributed by atoms with Crippen LogP contribution in [0.15, 0.2) is 28.9 Å². The third-order valence-corrected chi connectivity index (χ3v) is 3.04. The van der Waals surface area contributed by atoms with Gasteiger partial charge in [-0.3, -0.25) is 4.79 Å². The standard InChI is InChI=1S/C12H8BrF3N2O/c1-7-17-11(12(14,15)16)5-18(7)10-3-2-9(13)4-8(10)6-19/h2-6H,1H3. The summed E-state index contributed by atoms with van der Waals surface area (Å²) in [4.78, 5) is 14.5. The van der Waals surface area contributed by atoms with Crippen LogP contribution in [0.25, 0.3) is 5.69 Å². The van der Waals surface area contributed by atoms with Gasteiger partial charge in [0.05, 0.1) is 5.69 Å². The molecule has 0 fully saturated rings. The Labute approximate surface area is 115 Å². The Bertz CT molecular complexity index is 634. The van der Waals surface area contributed by atoms with E-state index in [1.807, 2.05) is 0 Å². The molecule has 0 aliphatic heterocycles. The maximum absolute atomic E-state index is 12.6. The van der Waals surface area contributed by atoms with Gasteiger partial charge in [-0.15, -0.1) is 0 Å². The van der Waals surface area contributed by atoms with Crippen molar-refractivity contribution in [1.82, 2.24) is 9.55 Å². The van der Waals surface area contributed by atoms with Gasteiger partial charge in [0.1, 0.15) is 5.82 Å². The Morgan fingerprint density at radius 1 is 1.37 bits per heavy atom. The van der Waals surface area contributed by atoms with Crippen molar-refractivity contribution in [2.75, 3.05) is 0 Å². The molecule has 7 heteroatoms. The topological polar surface area (TPSA) is 34.9 Å². The van der Waals surface area contributed by atoms with Gasteiger partial charge in [-0.1, -0.05) is 15.9 Å². The molecule has 0 N–H and O–H groups in total. The number of aldehydes is 1. The van der Waals surface area contributed by atoms with E-state index in [1.54, 1.807) is 12.1 Å². The fourth-order valence-corrected chi connectivity index (χ4v) is 2.07. The van der Waals surface area contributed by atoms with Crippen molar-refractivity contribution in [2.45, 2.75) is 13.1 Å². The Morgan fingerprint density at radius 3 is 2.58 bits per heavy atom. The van der Waals surface area contributed by atoms with Crippen LogP contribution >= 0.6 is 15.9 Å². The molecule has 3 nitrogen and oxygen atoms in total. The van der Waals surface area contributed by atoms with Crippen molar-refractivity contribution in [1.29, 1.82) is 0 Å². The summed E-state index contributed by atoms with van der Waals surface area (Å²) in [5.41, 5.74) is -0.341. The van der Waals surface area contributed by atoms with Crippen molar-refractivity contribution < 1.29 is 18.0 Å². The summed E-state index contributed by atoms with van der Waals surface area (Å²) in [5.74, 6) is 0.165. The Hall–Kier alpha value is -1.63. The number of halogens is 4. The SMILES string of the molecule is Cc1nc(C(F)(F)F)cn1-c1ccc(Br)cc1C=O. The van der Waals surface area contributed by atoms with Crippen molar-refractivity contribution >= 4 is 22.2 Å². The molecule has 1 aromatic carbocycles. The van der Waals surface area contributed by atoms with Crippen LogP contribution in [0.3, 0.4) is 0 Å². The number of aromatic nitrogens is 2. The minimum absolute atomic E-state index is 0.165. The van der Waals surface area contributed by atoms with Gasteiger partial charge in [0.2, 0.25) is 0 Å². The zero-order valence-electron chi connectivity index (χ0n) is 9.70. The van der Waals surface area contributed by atoms with E-state index in [0.717, 1.165) is 6.20 Å². The first kappa shape index (κ1) is 13.8. The number of alkyl halides is 3. The van der Waals surface area contributed by atoms with Crippen molar-refractivity contribution in [3.8, 4) is 5.69 Å². The average Bonchev–Trinajstić information content (AvgIpc) is 2.71. The molecule has 0 amide bonds. The highest BCUT2D eigenvalue weighted by atomic mass is 79.9. The van der Waals surface area contributed by atoms with Crippen LogP contribution in [0.5, 0.6) is 0 Å². The number of carbonyl (C=O) groups is 1. The van der Waals surface area contributed by atoms with E-state index < -0.39 is 11.9 Å². The summed E-state index contributed by atoms with van der Waals surface area (Å²) < 4.78 is 39.7. The molecule has 0 aliphatic carbocycles. The predicted octanol–water partition coefficient (Wildman–Crippen LogP) is 3.77. The first-order valence-electron chi connectivity index (χ1n) is 5.21. The maximum Gasteiger partial charge on any atom is 0.434 e. The molecule has 2 rings (SSSR count). The Kier molecular flexibility index (Phi) is 3.49. The van der Waals surface area contributed by atoms with Gasteiger partial charge < -0.3 is 4.57 Å². The Balaban J connectivity index is 2.60. The lowest BCUT2D eigenvalue weighted by Crippen LogP contribution is -2.05. The summed E-state index contributed by atoms with van der Waals surface area (Å²) in [5, 5.41) is 0. The maximum atomic E-state index is 12.6. The van der Waals surface area contributed by atoms with Gasteiger partial charge in [0.25, 0.3) is 0 Å². The highest BCUT2D eigenvalue weighted by Gasteiger charge is 2.34. The van der Waals surface area contributed by atoms with Crippen LogP contribution in [0.2, 0.25) is 0 Å². The Morgan fingerprint density at radius 2 is 2.05 bits per heavy atom. The van der Waals surface area contributed by atoms with Gasteiger partial charge in [-0.05, 0) is 25.1 Å². The molecule has 0 atom stereocenters. The summed E-state index contributed by atoms with van der Waals surface area (Å²) in [6.07, 6.45) is -3.04. The monoisotopic (exact) mass is 332 g/mol. The van der Waals surface area contributed by atoms with Crippen LogP contribution < -0.4 is 0 Å². The lowest BCUT2D eigenvalue weighted by Gasteiger charge is -2.08. The number of aryl methyl sites for hydroxylation is 1. The lowest BCUT2D eigenvalue weighted by molar-refractivity contribution is -0.141. The first-order valence-corrected chi connectivity index (χ1v) is 6.00. The van der Waals surface area contributed by atoms with Crippen LogP contribution in [0, 0.1) is 6.92 Å². The number of rotatable bonds is 2. The molecule has 19 heavy (non-hydrogen) atoms. The molecule has 0 radical (unpaired) electrons. The van der Waals surface area contributed by atoms with Crippen LogP contribution in [-0.2, 0) is 6.18 Å². The van der Waals surface area contributed by atoms with Crippen molar-refractivity contribution in [3.63, 3.8) is 0 Å². The summed E-state index contributed by atoms with van der Waals surface area (Å²) in [7, 11) is 0. The molecule has 2 aromatic rings. The van der Waals surface area contributed by atoms with E-state index >= 15 is 0 Å². The number of hydrogen-bond acceptors (Lipinski definition) is 2. The normalized spacial score (nSPS) is 11.6. The minimum atomic E-state index is -4.51. The van der Waals surface area contributed by atoms with Crippen LogP contribution in [0.4, 0.5) is 13.2 Å². The fraction of sp³-hybridized carbons (Fsp3) is 0.167. The van der Waals surface area contributed by atoms with Gasteiger partial charge in [0.15, 0.2) is 12.0 Å². The second kappa shape index (κ2) is 4.80. The molecule has 0 saturated heterocycles. The van der Waals surface area contributed by atoms with Gasteiger partial charge in [-0.25, -0.2) is 4.98 Å². The molecule has 1 aromatic heterocycles. The van der Waals surface area contributed by atoms with E-state index in [9.17, 15) is 18.0 Å². The zero-order chi connectivity index (χ0) is 14.2. The van der Waals surface area contributed by atoms with Crippen LogP contribution in [-0.4, -0.2) is 15.8 Å². The number of hydrogen-bond donors (Lipinski definition) is 0. The van der Waals surface area contributed by atoms with E-state index in [1.165, 1.54) is 17.6 Å². The molecule has 100 valence electrons. The molecular weight excluding hydrogens is 325 g/mol. The molecular formula is C12H8BrF3N2O. The molecule has 1 heterocycles. The largest absolute Gasteiger partial charge is 0.434 e. The zero-order valence-corrected chi connectivity index (χ0v) is 11.3.